The number of nitrogens with one attached hydrogen (secondary N) is 1. The Hall–Kier alpha value is -4.00. The Morgan fingerprint density at radius 1 is 0.806 bits per heavy atom. The van der Waals surface area contributed by atoms with E-state index < -0.39 is 5.97 Å². The quantitative estimate of drug-likeness (QED) is 0.527. The summed E-state index contributed by atoms with van der Waals surface area (Å²) >= 11 is 0. The Bertz CT molecular complexity index is 1020. The minimum Gasteiger partial charge on any atom is -0.497 e. The lowest BCUT2D eigenvalue weighted by Crippen LogP contribution is -2.30. The highest BCUT2D eigenvalue weighted by Gasteiger charge is 2.12. The molecule has 1 amide bonds. The van der Waals surface area contributed by atoms with Crippen LogP contribution in [0.5, 0.6) is 23.0 Å². The van der Waals surface area contributed by atoms with Crippen LogP contribution in [0.4, 0.5) is 0 Å². The lowest BCUT2D eigenvalue weighted by molar-refractivity contribution is -0.143. The summed E-state index contributed by atoms with van der Waals surface area (Å²) in [4.78, 5) is 24.3. The third kappa shape index (κ3) is 6.24. The Morgan fingerprint density at radius 2 is 1.48 bits per heavy atom. The second-order valence-corrected chi connectivity index (χ2v) is 6.46. The molecule has 0 aromatic heterocycles. The second kappa shape index (κ2) is 10.7. The number of hydrogen-bond acceptors (Lipinski definition) is 6. The Balaban J connectivity index is 1.48. The number of esters is 1. The van der Waals surface area contributed by atoms with E-state index in [1.165, 1.54) is 7.11 Å². The second-order valence-electron chi connectivity index (χ2n) is 6.46. The van der Waals surface area contributed by atoms with Crippen molar-refractivity contribution in [2.24, 2.45) is 0 Å². The zero-order chi connectivity index (χ0) is 22.1. The highest BCUT2D eigenvalue weighted by molar-refractivity contribution is 5.96. The van der Waals surface area contributed by atoms with Crippen molar-refractivity contribution >= 4 is 11.9 Å². The van der Waals surface area contributed by atoms with Gasteiger partial charge in [-0.1, -0.05) is 18.2 Å². The van der Waals surface area contributed by atoms with E-state index in [1.54, 1.807) is 49.6 Å². The number of benzene rings is 3. The highest BCUT2D eigenvalue weighted by atomic mass is 16.5. The molecule has 7 heteroatoms. The lowest BCUT2D eigenvalue weighted by Gasteiger charge is -2.11. The van der Waals surface area contributed by atoms with Crippen molar-refractivity contribution in [2.75, 3.05) is 20.8 Å². The van der Waals surface area contributed by atoms with E-state index in [2.05, 4.69) is 5.32 Å². The maximum absolute atomic E-state index is 12.3. The molecule has 1 N–H and O–H groups in total. The molecular weight excluding hydrogens is 398 g/mol. The van der Waals surface area contributed by atoms with Crippen molar-refractivity contribution in [2.45, 2.75) is 6.61 Å². The predicted octanol–water partition coefficient (Wildman–Crippen LogP) is 3.97. The van der Waals surface area contributed by atoms with Crippen LogP contribution in [0.1, 0.15) is 15.9 Å². The molecule has 3 rings (SSSR count). The molecule has 0 atom stereocenters. The van der Waals surface area contributed by atoms with Crippen LogP contribution in [-0.4, -0.2) is 32.6 Å². The van der Waals surface area contributed by atoms with Crippen molar-refractivity contribution in [3.05, 3.63) is 83.9 Å². The van der Waals surface area contributed by atoms with E-state index >= 15 is 0 Å². The molecule has 0 unspecified atom stereocenters. The van der Waals surface area contributed by atoms with Gasteiger partial charge in [-0.3, -0.25) is 9.59 Å². The summed E-state index contributed by atoms with van der Waals surface area (Å²) in [5.74, 6) is 1.56. The maximum Gasteiger partial charge on any atom is 0.325 e. The molecular formula is C24H23NO6. The molecule has 0 bridgehead atoms. The van der Waals surface area contributed by atoms with Crippen LogP contribution in [0, 0.1) is 0 Å². The molecule has 0 aliphatic rings. The smallest absolute Gasteiger partial charge is 0.325 e. The van der Waals surface area contributed by atoms with Crippen molar-refractivity contribution in [3.63, 3.8) is 0 Å². The van der Waals surface area contributed by atoms with Crippen LogP contribution < -0.4 is 19.5 Å². The first kappa shape index (κ1) is 21.7. The fourth-order valence-electron chi connectivity index (χ4n) is 2.76. The molecule has 0 saturated carbocycles. The van der Waals surface area contributed by atoms with Crippen molar-refractivity contribution in [1.29, 1.82) is 0 Å². The number of rotatable bonds is 9. The molecule has 0 aliphatic heterocycles. The standard InChI is InChI=1S/C24H23NO6/c1-28-21-12-13-22(29-2)18(14-21)16-30-23(26)15-25-24(27)17-8-10-20(11-9-17)31-19-6-4-3-5-7-19/h3-14H,15-16H2,1-2H3,(H,25,27). The minimum atomic E-state index is -0.567. The van der Waals surface area contributed by atoms with E-state index in [1.807, 2.05) is 30.3 Å². The van der Waals surface area contributed by atoms with E-state index in [9.17, 15) is 9.59 Å². The Kier molecular flexibility index (Phi) is 7.48. The van der Waals surface area contributed by atoms with Gasteiger partial charge in [0.15, 0.2) is 0 Å². The molecule has 0 fully saturated rings. The van der Waals surface area contributed by atoms with E-state index in [4.69, 9.17) is 18.9 Å². The average molecular weight is 421 g/mol. The largest absolute Gasteiger partial charge is 0.497 e. The van der Waals surface area contributed by atoms with Gasteiger partial charge in [0.2, 0.25) is 0 Å². The normalized spacial score (nSPS) is 10.1. The molecule has 0 saturated heterocycles. The number of ether oxygens (including phenoxy) is 4. The van der Waals surface area contributed by atoms with Gasteiger partial charge in [-0.2, -0.15) is 0 Å². The number of carbonyl (C=O) groups excluding carboxylic acids is 2. The highest BCUT2D eigenvalue weighted by Crippen LogP contribution is 2.24. The fraction of sp³-hybridized carbons (Fsp3) is 0.167. The van der Waals surface area contributed by atoms with Gasteiger partial charge in [0.1, 0.15) is 36.1 Å². The monoisotopic (exact) mass is 421 g/mol. The summed E-state index contributed by atoms with van der Waals surface area (Å²) in [6.07, 6.45) is 0. The SMILES string of the molecule is COc1ccc(OC)c(COC(=O)CNC(=O)c2ccc(Oc3ccccc3)cc2)c1. The van der Waals surface area contributed by atoms with E-state index in [-0.39, 0.29) is 19.1 Å². The molecule has 3 aromatic rings. The number of amides is 1. The summed E-state index contributed by atoms with van der Waals surface area (Å²) in [7, 11) is 3.08. The number of para-hydroxylation sites is 1. The van der Waals surface area contributed by atoms with Gasteiger partial charge in [-0.15, -0.1) is 0 Å². The topological polar surface area (TPSA) is 83.1 Å². The van der Waals surface area contributed by atoms with Crippen LogP contribution >= 0.6 is 0 Å². The summed E-state index contributed by atoms with van der Waals surface area (Å²) in [5, 5.41) is 2.55. The third-order valence-corrected chi connectivity index (χ3v) is 4.36. The zero-order valence-electron chi connectivity index (χ0n) is 17.3. The molecule has 31 heavy (non-hydrogen) atoms. The fourth-order valence-corrected chi connectivity index (χ4v) is 2.76. The minimum absolute atomic E-state index is 0.000594. The molecule has 160 valence electrons. The Labute approximate surface area is 180 Å². The molecule has 0 radical (unpaired) electrons. The first-order valence-corrected chi connectivity index (χ1v) is 9.56. The van der Waals surface area contributed by atoms with Crippen LogP contribution in [0.2, 0.25) is 0 Å². The van der Waals surface area contributed by atoms with Crippen LogP contribution in [-0.2, 0) is 16.1 Å². The van der Waals surface area contributed by atoms with Gasteiger partial charge >= 0.3 is 5.97 Å². The summed E-state index contributed by atoms with van der Waals surface area (Å²) < 4.78 is 21.4. The van der Waals surface area contributed by atoms with Crippen LogP contribution in [0.3, 0.4) is 0 Å². The van der Waals surface area contributed by atoms with Gasteiger partial charge in [0, 0.05) is 11.1 Å². The number of carbonyl (C=O) groups is 2. The first-order valence-electron chi connectivity index (χ1n) is 9.56. The summed E-state index contributed by atoms with van der Waals surface area (Å²) in [6, 6.07) is 21.2. The maximum atomic E-state index is 12.3. The third-order valence-electron chi connectivity index (χ3n) is 4.36. The molecule has 0 spiro atoms. The average Bonchev–Trinajstić information content (AvgIpc) is 2.82. The van der Waals surface area contributed by atoms with Crippen molar-refractivity contribution < 1.29 is 28.5 Å². The first-order chi connectivity index (χ1) is 15.1. The molecule has 3 aromatic carbocycles. The van der Waals surface area contributed by atoms with Gasteiger partial charge in [0.05, 0.1) is 14.2 Å². The molecule has 0 aliphatic carbocycles. The molecule has 0 heterocycles. The summed E-state index contributed by atoms with van der Waals surface area (Å²) in [6.45, 7) is -0.256. The van der Waals surface area contributed by atoms with Gasteiger partial charge < -0.3 is 24.3 Å². The predicted molar refractivity (Wildman–Crippen MR) is 115 cm³/mol. The van der Waals surface area contributed by atoms with Crippen molar-refractivity contribution in [3.8, 4) is 23.0 Å². The number of hydrogen-bond donors (Lipinski definition) is 1. The molecule has 7 nitrogen and oxygen atoms in total. The van der Waals surface area contributed by atoms with Gasteiger partial charge in [-0.05, 0) is 54.6 Å². The van der Waals surface area contributed by atoms with Gasteiger partial charge in [-0.25, -0.2) is 0 Å². The zero-order valence-corrected chi connectivity index (χ0v) is 17.3. The summed E-state index contributed by atoms with van der Waals surface area (Å²) in [5.41, 5.74) is 1.07. The lowest BCUT2D eigenvalue weighted by atomic mass is 10.2. The Morgan fingerprint density at radius 3 is 2.16 bits per heavy atom. The van der Waals surface area contributed by atoms with E-state index in [0.29, 0.717) is 34.1 Å². The van der Waals surface area contributed by atoms with Crippen LogP contribution in [0.25, 0.3) is 0 Å². The number of methoxy groups -OCH3 is 2. The van der Waals surface area contributed by atoms with E-state index in [0.717, 1.165) is 0 Å². The van der Waals surface area contributed by atoms with Gasteiger partial charge in [0.25, 0.3) is 5.91 Å². The van der Waals surface area contributed by atoms with Crippen molar-refractivity contribution in [1.82, 2.24) is 5.32 Å². The van der Waals surface area contributed by atoms with Crippen LogP contribution in [0.15, 0.2) is 72.8 Å².